The second-order valence-electron chi connectivity index (χ2n) is 3.70. The summed E-state index contributed by atoms with van der Waals surface area (Å²) in [5.41, 5.74) is -0.0678. The lowest BCUT2D eigenvalue weighted by Gasteiger charge is -2.05. The first-order valence-corrected chi connectivity index (χ1v) is 5.29. The average molecular weight is 264 g/mol. The van der Waals surface area contributed by atoms with E-state index >= 15 is 0 Å². The second kappa shape index (κ2) is 5.34. The first-order valence-electron chi connectivity index (χ1n) is 5.29. The molecule has 5 nitrogen and oxygen atoms in total. The molecule has 1 aromatic heterocycles. The predicted octanol–water partition coefficient (Wildman–Crippen LogP) is 2.06. The number of hydrogen-bond donors (Lipinski definition) is 1. The van der Waals surface area contributed by atoms with E-state index in [0.29, 0.717) is 5.56 Å². The summed E-state index contributed by atoms with van der Waals surface area (Å²) < 4.78 is 22.8. The first-order chi connectivity index (χ1) is 9.06. The van der Waals surface area contributed by atoms with Crippen molar-refractivity contribution >= 4 is 5.97 Å². The van der Waals surface area contributed by atoms with Crippen LogP contribution < -0.4 is 10.2 Å². The molecule has 0 aliphatic carbocycles. The Balaban J connectivity index is 2.12. The summed E-state index contributed by atoms with van der Waals surface area (Å²) in [7, 11) is 0. The summed E-state index contributed by atoms with van der Waals surface area (Å²) in [6.07, 6.45) is 0.922. The summed E-state index contributed by atoms with van der Waals surface area (Å²) in [6.45, 7) is -0.0189. The van der Waals surface area contributed by atoms with Crippen molar-refractivity contribution in [1.82, 2.24) is 0 Å². The summed E-state index contributed by atoms with van der Waals surface area (Å²) in [6, 6.07) is 6.54. The molecule has 2 rings (SSSR count). The largest absolute Gasteiger partial charge is 0.482 e. The van der Waals surface area contributed by atoms with E-state index < -0.39 is 23.0 Å². The van der Waals surface area contributed by atoms with Gasteiger partial charge in [-0.15, -0.1) is 0 Å². The average Bonchev–Trinajstić information content (AvgIpc) is 2.37. The van der Waals surface area contributed by atoms with Gasteiger partial charge in [-0.1, -0.05) is 12.1 Å². The molecule has 0 amide bonds. The van der Waals surface area contributed by atoms with Gasteiger partial charge in [0.15, 0.2) is 0 Å². The molecule has 0 aliphatic rings. The van der Waals surface area contributed by atoms with E-state index in [1.165, 1.54) is 18.2 Å². The van der Waals surface area contributed by atoms with Crippen LogP contribution in [0, 0.1) is 5.82 Å². The number of rotatable bonds is 4. The van der Waals surface area contributed by atoms with E-state index in [1.54, 1.807) is 6.07 Å². The molecule has 6 heteroatoms. The van der Waals surface area contributed by atoms with Crippen LogP contribution >= 0.6 is 0 Å². The second-order valence-corrected chi connectivity index (χ2v) is 3.70. The molecule has 1 heterocycles. The molecule has 0 aliphatic heterocycles. The van der Waals surface area contributed by atoms with Crippen LogP contribution in [0.1, 0.15) is 16.1 Å². The molecule has 1 N–H and O–H groups in total. The molecule has 0 spiro atoms. The minimum Gasteiger partial charge on any atom is -0.482 e. The van der Waals surface area contributed by atoms with Crippen molar-refractivity contribution in [2.75, 3.05) is 0 Å². The molecule has 0 atom stereocenters. The van der Waals surface area contributed by atoms with Gasteiger partial charge in [0.1, 0.15) is 18.7 Å². The lowest BCUT2D eigenvalue weighted by Crippen LogP contribution is -2.10. The van der Waals surface area contributed by atoms with E-state index in [1.807, 2.05) is 0 Å². The van der Waals surface area contributed by atoms with Gasteiger partial charge in [0.25, 0.3) is 0 Å². The highest BCUT2D eigenvalue weighted by Crippen LogP contribution is 2.10. The quantitative estimate of drug-likeness (QED) is 0.914. The number of carboxylic acid groups (broad SMARTS) is 1. The fourth-order valence-corrected chi connectivity index (χ4v) is 1.40. The number of hydrogen-bond acceptors (Lipinski definition) is 4. The third kappa shape index (κ3) is 3.19. The maximum absolute atomic E-state index is 12.9. The molecule has 0 saturated carbocycles. The van der Waals surface area contributed by atoms with Crippen molar-refractivity contribution in [2.45, 2.75) is 6.61 Å². The smallest absolute Gasteiger partial charge is 0.371 e. The Morgan fingerprint density at radius 2 is 2.16 bits per heavy atom. The van der Waals surface area contributed by atoms with Crippen LogP contribution in [0.5, 0.6) is 5.75 Å². The highest BCUT2D eigenvalue weighted by atomic mass is 19.1. The van der Waals surface area contributed by atoms with Crippen molar-refractivity contribution < 1.29 is 23.4 Å². The number of carboxylic acids is 1. The van der Waals surface area contributed by atoms with Gasteiger partial charge in [-0.2, -0.15) is 0 Å². The standard InChI is InChI=1S/C13H9FO5/c14-9-3-1-2-8(4-9)6-18-12-7-19-11(13(16)17)5-10(12)15/h1-5,7H,6H2,(H,16,17). The Labute approximate surface area is 106 Å². The number of benzene rings is 1. The summed E-state index contributed by atoms with van der Waals surface area (Å²) in [5, 5.41) is 8.62. The van der Waals surface area contributed by atoms with Crippen LogP contribution in [0.2, 0.25) is 0 Å². The Kier molecular flexibility index (Phi) is 3.61. The van der Waals surface area contributed by atoms with Crippen LogP contribution in [-0.2, 0) is 6.61 Å². The molecule has 0 saturated heterocycles. The van der Waals surface area contributed by atoms with Crippen LogP contribution in [-0.4, -0.2) is 11.1 Å². The lowest BCUT2D eigenvalue weighted by molar-refractivity contribution is 0.0658. The zero-order chi connectivity index (χ0) is 13.8. The molecule has 1 aromatic carbocycles. The summed E-state index contributed by atoms with van der Waals surface area (Å²) in [4.78, 5) is 22.1. The highest BCUT2D eigenvalue weighted by molar-refractivity contribution is 5.84. The van der Waals surface area contributed by atoms with Crippen LogP contribution in [0.4, 0.5) is 4.39 Å². The van der Waals surface area contributed by atoms with Crippen molar-refractivity contribution in [2.24, 2.45) is 0 Å². The van der Waals surface area contributed by atoms with E-state index in [4.69, 9.17) is 14.3 Å². The number of halogens is 1. The molecule has 2 aromatic rings. The molecule has 0 unspecified atom stereocenters. The van der Waals surface area contributed by atoms with Gasteiger partial charge in [-0.25, -0.2) is 9.18 Å². The van der Waals surface area contributed by atoms with Gasteiger partial charge in [-0.3, -0.25) is 4.79 Å². The Morgan fingerprint density at radius 3 is 2.79 bits per heavy atom. The minimum atomic E-state index is -1.34. The molecule has 0 radical (unpaired) electrons. The molecule has 0 fully saturated rings. The van der Waals surface area contributed by atoms with Gasteiger partial charge in [0.05, 0.1) is 0 Å². The fourth-order valence-electron chi connectivity index (χ4n) is 1.40. The summed E-state index contributed by atoms with van der Waals surface area (Å²) >= 11 is 0. The molecule has 19 heavy (non-hydrogen) atoms. The number of ether oxygens (including phenoxy) is 1. The van der Waals surface area contributed by atoms with Crippen molar-refractivity contribution in [1.29, 1.82) is 0 Å². The maximum atomic E-state index is 12.9. The minimum absolute atomic E-state index is 0.0189. The lowest BCUT2D eigenvalue weighted by atomic mass is 10.2. The van der Waals surface area contributed by atoms with Crippen molar-refractivity contribution in [3.05, 3.63) is 64.0 Å². The van der Waals surface area contributed by atoms with Gasteiger partial charge in [0, 0.05) is 6.07 Å². The van der Waals surface area contributed by atoms with Crippen molar-refractivity contribution in [3.8, 4) is 5.75 Å². The van der Waals surface area contributed by atoms with E-state index in [2.05, 4.69) is 0 Å². The normalized spacial score (nSPS) is 10.2. The monoisotopic (exact) mass is 264 g/mol. The van der Waals surface area contributed by atoms with Gasteiger partial charge in [0.2, 0.25) is 16.9 Å². The molecular weight excluding hydrogens is 255 g/mol. The van der Waals surface area contributed by atoms with E-state index in [9.17, 15) is 14.0 Å². The predicted molar refractivity (Wildman–Crippen MR) is 62.7 cm³/mol. The van der Waals surface area contributed by atoms with Gasteiger partial charge < -0.3 is 14.3 Å². The van der Waals surface area contributed by atoms with Crippen LogP contribution in [0.15, 0.2) is 45.8 Å². The third-order valence-corrected chi connectivity index (χ3v) is 2.29. The fraction of sp³-hybridized carbons (Fsp3) is 0.0769. The maximum Gasteiger partial charge on any atom is 0.371 e. The Morgan fingerprint density at radius 1 is 1.37 bits per heavy atom. The first kappa shape index (κ1) is 12.8. The number of carbonyl (C=O) groups is 1. The zero-order valence-electron chi connectivity index (χ0n) is 9.63. The molecule has 0 bridgehead atoms. The van der Waals surface area contributed by atoms with Gasteiger partial charge >= 0.3 is 5.97 Å². The summed E-state index contributed by atoms with van der Waals surface area (Å²) in [5.74, 6) is -2.35. The highest BCUT2D eigenvalue weighted by Gasteiger charge is 2.10. The Bertz CT molecular complexity index is 662. The molecular formula is C13H9FO5. The van der Waals surface area contributed by atoms with Crippen LogP contribution in [0.3, 0.4) is 0 Å². The van der Waals surface area contributed by atoms with Crippen LogP contribution in [0.25, 0.3) is 0 Å². The zero-order valence-corrected chi connectivity index (χ0v) is 9.63. The Hall–Kier alpha value is -2.63. The van der Waals surface area contributed by atoms with E-state index in [-0.39, 0.29) is 12.4 Å². The van der Waals surface area contributed by atoms with Gasteiger partial charge in [-0.05, 0) is 17.7 Å². The van der Waals surface area contributed by atoms with Crippen molar-refractivity contribution in [3.63, 3.8) is 0 Å². The number of aromatic carboxylic acids is 1. The SMILES string of the molecule is O=C(O)c1cc(=O)c(OCc2cccc(F)c2)co1. The third-order valence-electron chi connectivity index (χ3n) is 2.29. The molecule has 98 valence electrons. The van der Waals surface area contributed by atoms with E-state index in [0.717, 1.165) is 12.3 Å². The topological polar surface area (TPSA) is 76.7 Å².